The Hall–Kier alpha value is -1.57. The fraction of sp³-hybridized carbons (Fsp3) is 0.533. The predicted octanol–water partition coefficient (Wildman–Crippen LogP) is 2.32. The summed E-state index contributed by atoms with van der Waals surface area (Å²) in [6.45, 7) is 4.03. The van der Waals surface area contributed by atoms with E-state index in [-0.39, 0.29) is 18.1 Å². The Morgan fingerprint density at radius 2 is 1.89 bits per heavy atom. The van der Waals surface area contributed by atoms with Gasteiger partial charge in [0.05, 0.1) is 19.6 Å². The van der Waals surface area contributed by atoms with E-state index in [9.17, 15) is 0 Å². The number of methoxy groups -OCH3 is 1. The molecule has 0 saturated heterocycles. The standard InChI is InChI=1S/C15H23N3O/c1-11(9-10-16)18(3)15(12(2)17)13-5-7-14(19-4)8-6-13/h5-8,11-12,15H,9,17H2,1-4H3. The van der Waals surface area contributed by atoms with Crippen LogP contribution >= 0.6 is 0 Å². The molecule has 0 radical (unpaired) electrons. The third-order valence-corrected chi connectivity index (χ3v) is 3.48. The smallest absolute Gasteiger partial charge is 0.118 e. The summed E-state index contributed by atoms with van der Waals surface area (Å²) in [7, 11) is 3.67. The fourth-order valence-corrected chi connectivity index (χ4v) is 2.26. The van der Waals surface area contributed by atoms with Crippen molar-refractivity contribution in [1.82, 2.24) is 4.90 Å². The van der Waals surface area contributed by atoms with Gasteiger partial charge in [0.2, 0.25) is 0 Å². The summed E-state index contributed by atoms with van der Waals surface area (Å²) in [4.78, 5) is 2.16. The lowest BCUT2D eigenvalue weighted by molar-refractivity contribution is 0.167. The van der Waals surface area contributed by atoms with Gasteiger partial charge >= 0.3 is 0 Å². The zero-order chi connectivity index (χ0) is 14.4. The zero-order valence-corrected chi connectivity index (χ0v) is 12.1. The molecule has 1 aromatic rings. The molecule has 1 aromatic carbocycles. The SMILES string of the molecule is COc1ccc(C(C(C)N)N(C)C(C)CC#N)cc1. The Balaban J connectivity index is 2.96. The molecule has 0 bridgehead atoms. The molecule has 0 heterocycles. The number of ether oxygens (including phenoxy) is 1. The molecule has 19 heavy (non-hydrogen) atoms. The number of nitrogens with two attached hydrogens (primary N) is 1. The van der Waals surface area contributed by atoms with Gasteiger partial charge in [-0.1, -0.05) is 12.1 Å². The molecule has 0 saturated carbocycles. The first-order valence-corrected chi connectivity index (χ1v) is 6.49. The average Bonchev–Trinajstić information content (AvgIpc) is 2.39. The molecule has 0 aliphatic carbocycles. The third kappa shape index (κ3) is 3.95. The van der Waals surface area contributed by atoms with Crippen LogP contribution in [-0.4, -0.2) is 31.1 Å². The number of hydrogen-bond acceptors (Lipinski definition) is 4. The highest BCUT2D eigenvalue weighted by Gasteiger charge is 2.24. The van der Waals surface area contributed by atoms with Crippen molar-refractivity contribution in [3.63, 3.8) is 0 Å². The van der Waals surface area contributed by atoms with Crippen LogP contribution in [-0.2, 0) is 0 Å². The van der Waals surface area contributed by atoms with E-state index in [4.69, 9.17) is 15.7 Å². The summed E-state index contributed by atoms with van der Waals surface area (Å²) in [5, 5.41) is 8.82. The van der Waals surface area contributed by atoms with E-state index in [1.165, 1.54) is 0 Å². The molecule has 0 aromatic heterocycles. The molecule has 3 atom stereocenters. The minimum Gasteiger partial charge on any atom is -0.497 e. The van der Waals surface area contributed by atoms with Crippen LogP contribution in [0.1, 0.15) is 31.9 Å². The van der Waals surface area contributed by atoms with Gasteiger partial charge in [-0.15, -0.1) is 0 Å². The number of benzene rings is 1. The number of rotatable bonds is 6. The van der Waals surface area contributed by atoms with Crippen molar-refractivity contribution in [2.24, 2.45) is 5.73 Å². The van der Waals surface area contributed by atoms with E-state index in [0.29, 0.717) is 6.42 Å². The summed E-state index contributed by atoms with van der Waals surface area (Å²) < 4.78 is 5.17. The molecule has 2 N–H and O–H groups in total. The first-order valence-electron chi connectivity index (χ1n) is 6.49. The van der Waals surface area contributed by atoms with Crippen molar-refractivity contribution < 1.29 is 4.74 Å². The highest BCUT2D eigenvalue weighted by molar-refractivity contribution is 5.30. The summed E-state index contributed by atoms with van der Waals surface area (Å²) in [6, 6.07) is 10.4. The zero-order valence-electron chi connectivity index (χ0n) is 12.1. The molecule has 3 unspecified atom stereocenters. The molecule has 0 fully saturated rings. The lowest BCUT2D eigenvalue weighted by Gasteiger charge is -2.35. The van der Waals surface area contributed by atoms with Gasteiger partial charge in [0.1, 0.15) is 5.75 Å². The lowest BCUT2D eigenvalue weighted by Crippen LogP contribution is -2.41. The molecule has 104 valence electrons. The van der Waals surface area contributed by atoms with Crippen LogP contribution in [0.4, 0.5) is 0 Å². The Bertz CT molecular complexity index is 422. The second-order valence-corrected chi connectivity index (χ2v) is 4.95. The van der Waals surface area contributed by atoms with Crippen molar-refractivity contribution >= 4 is 0 Å². The van der Waals surface area contributed by atoms with Crippen molar-refractivity contribution in [2.45, 2.75) is 38.4 Å². The number of nitrogens with zero attached hydrogens (tertiary/aromatic N) is 2. The van der Waals surface area contributed by atoms with Crippen molar-refractivity contribution in [1.29, 1.82) is 5.26 Å². The van der Waals surface area contributed by atoms with Gasteiger partial charge in [-0.3, -0.25) is 4.90 Å². The fourth-order valence-electron chi connectivity index (χ4n) is 2.26. The third-order valence-electron chi connectivity index (χ3n) is 3.48. The topological polar surface area (TPSA) is 62.3 Å². The monoisotopic (exact) mass is 261 g/mol. The molecule has 4 heteroatoms. The molecule has 1 rings (SSSR count). The maximum atomic E-state index is 8.82. The summed E-state index contributed by atoms with van der Waals surface area (Å²) in [5.74, 6) is 0.833. The van der Waals surface area contributed by atoms with Gasteiger partial charge in [0.15, 0.2) is 0 Å². The van der Waals surface area contributed by atoms with Crippen molar-refractivity contribution in [2.75, 3.05) is 14.2 Å². The molecule has 0 amide bonds. The average molecular weight is 261 g/mol. The van der Waals surface area contributed by atoms with E-state index in [2.05, 4.69) is 11.0 Å². The molecule has 0 aliphatic rings. The van der Waals surface area contributed by atoms with Crippen molar-refractivity contribution in [3.05, 3.63) is 29.8 Å². The van der Waals surface area contributed by atoms with E-state index in [0.717, 1.165) is 11.3 Å². The van der Waals surface area contributed by atoms with Crippen molar-refractivity contribution in [3.8, 4) is 11.8 Å². The minimum absolute atomic E-state index is 0.0143. The van der Waals surface area contributed by atoms with Gasteiger partial charge in [0, 0.05) is 18.1 Å². The second kappa shape index (κ2) is 7.13. The Morgan fingerprint density at radius 3 is 2.32 bits per heavy atom. The van der Waals surface area contributed by atoms with Crippen LogP contribution in [0.15, 0.2) is 24.3 Å². The minimum atomic E-state index is -0.0143. The van der Waals surface area contributed by atoms with Gasteiger partial charge in [-0.2, -0.15) is 5.26 Å². The van der Waals surface area contributed by atoms with Crippen LogP contribution in [0.25, 0.3) is 0 Å². The normalized spacial score (nSPS) is 15.6. The van der Waals surface area contributed by atoms with E-state index >= 15 is 0 Å². The lowest BCUT2D eigenvalue weighted by atomic mass is 9.97. The van der Waals surface area contributed by atoms with Gasteiger partial charge in [-0.25, -0.2) is 0 Å². The van der Waals surface area contributed by atoms with Crippen LogP contribution in [0.3, 0.4) is 0 Å². The first kappa shape index (κ1) is 15.5. The Kier molecular flexibility index (Phi) is 5.81. The summed E-state index contributed by atoms with van der Waals surface area (Å²) >= 11 is 0. The summed E-state index contributed by atoms with van der Waals surface area (Å²) in [6.07, 6.45) is 0.496. The van der Waals surface area contributed by atoms with E-state index < -0.39 is 0 Å². The Morgan fingerprint density at radius 1 is 1.32 bits per heavy atom. The first-order chi connectivity index (χ1) is 9.01. The van der Waals surface area contributed by atoms with E-state index in [1.54, 1.807) is 7.11 Å². The molecule has 4 nitrogen and oxygen atoms in total. The Labute approximate surface area is 115 Å². The van der Waals surface area contributed by atoms with Gasteiger partial charge < -0.3 is 10.5 Å². The number of hydrogen-bond donors (Lipinski definition) is 1. The van der Waals surface area contributed by atoms with Gasteiger partial charge in [0.25, 0.3) is 0 Å². The maximum Gasteiger partial charge on any atom is 0.118 e. The van der Waals surface area contributed by atoms with Crippen LogP contribution in [0.2, 0.25) is 0 Å². The predicted molar refractivity (Wildman–Crippen MR) is 76.8 cm³/mol. The van der Waals surface area contributed by atoms with Gasteiger partial charge in [-0.05, 0) is 38.6 Å². The molecule has 0 spiro atoms. The second-order valence-electron chi connectivity index (χ2n) is 4.95. The summed E-state index contributed by atoms with van der Waals surface area (Å²) in [5.41, 5.74) is 7.26. The van der Waals surface area contributed by atoms with E-state index in [1.807, 2.05) is 45.2 Å². The quantitative estimate of drug-likeness (QED) is 0.853. The van der Waals surface area contributed by atoms with Crippen LogP contribution < -0.4 is 10.5 Å². The molecular weight excluding hydrogens is 238 g/mol. The molecular formula is C15H23N3O. The largest absolute Gasteiger partial charge is 0.497 e. The number of nitriles is 1. The highest BCUT2D eigenvalue weighted by Crippen LogP contribution is 2.26. The highest BCUT2D eigenvalue weighted by atomic mass is 16.5. The van der Waals surface area contributed by atoms with Crippen LogP contribution in [0, 0.1) is 11.3 Å². The number of likely N-dealkylation sites (N-methyl/N-ethyl adjacent to an activating group) is 1. The molecule has 0 aliphatic heterocycles. The van der Waals surface area contributed by atoms with Crippen LogP contribution in [0.5, 0.6) is 5.75 Å². The maximum absolute atomic E-state index is 8.82.